The second-order valence-corrected chi connectivity index (χ2v) is 7.93. The number of carbonyl (C=O) groups excluding carboxylic acids is 2. The van der Waals surface area contributed by atoms with Crippen LogP contribution >= 0.6 is 15.9 Å². The zero-order chi connectivity index (χ0) is 22.9. The molecule has 0 atom stereocenters. The van der Waals surface area contributed by atoms with E-state index in [0.717, 1.165) is 16.5 Å². The molecule has 0 aromatic heterocycles. The summed E-state index contributed by atoms with van der Waals surface area (Å²) in [6.45, 7) is 4.56. The fourth-order valence-corrected chi connectivity index (χ4v) is 3.17. The lowest BCUT2D eigenvalue weighted by molar-refractivity contribution is 0.0734. The number of halogens is 1. The molecule has 0 aliphatic rings. The molecule has 0 heterocycles. The Morgan fingerprint density at radius 2 is 1.81 bits per heavy atom. The normalized spacial score (nSPS) is 10.7. The minimum atomic E-state index is -0.472. The molecule has 3 rings (SSSR count). The molecule has 0 aliphatic carbocycles. The SMILES string of the molecule is CCCOc1ccc(C(=O)N/N=C\c2cc(Br)ccc2OC(=O)c2cccc(C)c2)cc1. The Morgan fingerprint density at radius 3 is 2.53 bits per heavy atom. The van der Waals surface area contributed by atoms with Gasteiger partial charge in [0.15, 0.2) is 0 Å². The van der Waals surface area contributed by atoms with E-state index in [-0.39, 0.29) is 5.91 Å². The maximum atomic E-state index is 12.5. The van der Waals surface area contributed by atoms with E-state index >= 15 is 0 Å². The number of benzene rings is 3. The van der Waals surface area contributed by atoms with E-state index in [2.05, 4.69) is 26.5 Å². The first-order chi connectivity index (χ1) is 15.5. The van der Waals surface area contributed by atoms with Crippen LogP contribution in [0.3, 0.4) is 0 Å². The summed E-state index contributed by atoms with van der Waals surface area (Å²) in [5, 5.41) is 4.02. The summed E-state index contributed by atoms with van der Waals surface area (Å²) >= 11 is 3.40. The highest BCUT2D eigenvalue weighted by molar-refractivity contribution is 9.10. The number of hydrogen-bond donors (Lipinski definition) is 1. The average Bonchev–Trinajstić information content (AvgIpc) is 2.79. The van der Waals surface area contributed by atoms with Gasteiger partial charge in [-0.15, -0.1) is 0 Å². The van der Waals surface area contributed by atoms with Crippen molar-refractivity contribution in [2.24, 2.45) is 5.10 Å². The van der Waals surface area contributed by atoms with Crippen molar-refractivity contribution in [2.75, 3.05) is 6.61 Å². The molecule has 0 unspecified atom stereocenters. The van der Waals surface area contributed by atoms with Gasteiger partial charge in [0, 0.05) is 15.6 Å². The molecule has 0 bridgehead atoms. The van der Waals surface area contributed by atoms with Crippen LogP contribution < -0.4 is 14.9 Å². The maximum absolute atomic E-state index is 12.5. The third-order valence-corrected chi connectivity index (χ3v) is 4.88. The van der Waals surface area contributed by atoms with Gasteiger partial charge in [0.2, 0.25) is 0 Å². The average molecular weight is 495 g/mol. The molecule has 0 saturated heterocycles. The number of nitrogens with zero attached hydrogens (tertiary/aromatic N) is 1. The van der Waals surface area contributed by atoms with Crippen LogP contribution in [0.5, 0.6) is 11.5 Å². The van der Waals surface area contributed by atoms with Crippen LogP contribution in [0.25, 0.3) is 0 Å². The maximum Gasteiger partial charge on any atom is 0.343 e. The molecule has 0 aliphatic heterocycles. The molecule has 3 aromatic rings. The predicted octanol–water partition coefficient (Wildman–Crippen LogP) is 5.53. The summed E-state index contributed by atoms with van der Waals surface area (Å²) in [7, 11) is 0. The lowest BCUT2D eigenvalue weighted by atomic mass is 10.1. The predicted molar refractivity (Wildman–Crippen MR) is 128 cm³/mol. The minimum absolute atomic E-state index is 0.329. The van der Waals surface area contributed by atoms with E-state index in [9.17, 15) is 9.59 Å². The Kier molecular flexibility index (Phi) is 8.16. The topological polar surface area (TPSA) is 77.0 Å². The molecule has 0 fully saturated rings. The van der Waals surface area contributed by atoms with Gasteiger partial charge in [-0.3, -0.25) is 4.79 Å². The largest absolute Gasteiger partial charge is 0.494 e. The molecular weight excluding hydrogens is 472 g/mol. The van der Waals surface area contributed by atoms with E-state index in [0.29, 0.717) is 34.8 Å². The lowest BCUT2D eigenvalue weighted by Gasteiger charge is -2.08. The standard InChI is InChI=1S/C25H23BrN2O4/c1-3-13-31-22-10-7-18(8-11-22)24(29)28-27-16-20-15-21(26)9-12-23(20)32-25(30)19-6-4-5-17(2)14-19/h4-12,14-16H,3,13H2,1-2H3,(H,28,29)/b27-16-. The van der Waals surface area contributed by atoms with Gasteiger partial charge >= 0.3 is 5.97 Å². The highest BCUT2D eigenvalue weighted by Gasteiger charge is 2.12. The monoisotopic (exact) mass is 494 g/mol. The van der Waals surface area contributed by atoms with Gasteiger partial charge in [0.05, 0.1) is 18.4 Å². The smallest absolute Gasteiger partial charge is 0.343 e. The van der Waals surface area contributed by atoms with E-state index in [4.69, 9.17) is 9.47 Å². The molecular formula is C25H23BrN2O4. The number of carbonyl (C=O) groups is 2. The third kappa shape index (κ3) is 6.52. The van der Waals surface area contributed by atoms with Crippen LogP contribution in [0, 0.1) is 6.92 Å². The number of nitrogens with one attached hydrogen (secondary N) is 1. The first-order valence-corrected chi connectivity index (χ1v) is 10.9. The first-order valence-electron chi connectivity index (χ1n) is 10.1. The Balaban J connectivity index is 1.68. The number of hydrazone groups is 1. The Labute approximate surface area is 195 Å². The zero-order valence-electron chi connectivity index (χ0n) is 17.8. The Bertz CT molecular complexity index is 1130. The molecule has 0 radical (unpaired) electrons. The summed E-state index contributed by atoms with van der Waals surface area (Å²) < 4.78 is 11.8. The van der Waals surface area contributed by atoms with Crippen molar-refractivity contribution < 1.29 is 19.1 Å². The summed E-state index contributed by atoms with van der Waals surface area (Å²) in [5.41, 5.74) is 4.88. The van der Waals surface area contributed by atoms with Crippen LogP contribution in [0.1, 0.15) is 45.2 Å². The fourth-order valence-electron chi connectivity index (χ4n) is 2.79. The van der Waals surface area contributed by atoms with Gasteiger partial charge in [-0.25, -0.2) is 10.2 Å². The van der Waals surface area contributed by atoms with Crippen molar-refractivity contribution in [3.63, 3.8) is 0 Å². The van der Waals surface area contributed by atoms with E-state index in [1.807, 2.05) is 19.9 Å². The van der Waals surface area contributed by atoms with Crippen LogP contribution in [-0.2, 0) is 0 Å². The van der Waals surface area contributed by atoms with Gasteiger partial charge in [0.25, 0.3) is 5.91 Å². The second-order valence-electron chi connectivity index (χ2n) is 7.01. The molecule has 0 spiro atoms. The van der Waals surface area contributed by atoms with Crippen molar-refractivity contribution in [1.82, 2.24) is 5.43 Å². The number of hydrogen-bond acceptors (Lipinski definition) is 5. The van der Waals surface area contributed by atoms with Crippen LogP contribution in [0.4, 0.5) is 0 Å². The molecule has 164 valence electrons. The second kappa shape index (κ2) is 11.2. The number of ether oxygens (including phenoxy) is 2. The van der Waals surface area contributed by atoms with E-state index < -0.39 is 5.97 Å². The molecule has 32 heavy (non-hydrogen) atoms. The van der Waals surface area contributed by atoms with Crippen LogP contribution in [0.15, 0.2) is 76.3 Å². The summed E-state index contributed by atoms with van der Waals surface area (Å²) in [4.78, 5) is 24.9. The quantitative estimate of drug-likeness (QED) is 0.193. The number of esters is 1. The zero-order valence-corrected chi connectivity index (χ0v) is 19.4. The molecule has 1 N–H and O–H groups in total. The van der Waals surface area contributed by atoms with Crippen LogP contribution in [0.2, 0.25) is 0 Å². The molecule has 1 amide bonds. The number of rotatable bonds is 8. The minimum Gasteiger partial charge on any atom is -0.494 e. The van der Waals surface area contributed by atoms with Gasteiger partial charge in [-0.2, -0.15) is 5.10 Å². The van der Waals surface area contributed by atoms with Gasteiger partial charge < -0.3 is 9.47 Å². The van der Waals surface area contributed by atoms with Gasteiger partial charge in [0.1, 0.15) is 11.5 Å². The van der Waals surface area contributed by atoms with E-state index in [1.54, 1.807) is 60.7 Å². The van der Waals surface area contributed by atoms with Gasteiger partial charge in [-0.1, -0.05) is 40.5 Å². The number of aryl methyl sites for hydroxylation is 1. The fraction of sp³-hybridized carbons (Fsp3) is 0.160. The van der Waals surface area contributed by atoms with Crippen molar-refractivity contribution in [3.05, 3.63) is 93.5 Å². The molecule has 3 aromatic carbocycles. The molecule has 7 heteroatoms. The van der Waals surface area contributed by atoms with Gasteiger partial charge in [-0.05, 0) is 67.9 Å². The molecule has 6 nitrogen and oxygen atoms in total. The first kappa shape index (κ1) is 23.2. The highest BCUT2D eigenvalue weighted by atomic mass is 79.9. The third-order valence-electron chi connectivity index (χ3n) is 4.39. The van der Waals surface area contributed by atoms with Crippen molar-refractivity contribution in [1.29, 1.82) is 0 Å². The number of amides is 1. The summed E-state index contributed by atoms with van der Waals surface area (Å²) in [5.74, 6) is 0.202. The van der Waals surface area contributed by atoms with Crippen LogP contribution in [-0.4, -0.2) is 24.7 Å². The lowest BCUT2D eigenvalue weighted by Crippen LogP contribution is -2.17. The highest BCUT2D eigenvalue weighted by Crippen LogP contribution is 2.23. The van der Waals surface area contributed by atoms with E-state index in [1.165, 1.54) is 6.21 Å². The van der Waals surface area contributed by atoms with Crippen molar-refractivity contribution >= 4 is 34.0 Å². The summed E-state index contributed by atoms with van der Waals surface area (Å²) in [6, 6.07) is 19.2. The Morgan fingerprint density at radius 1 is 1.03 bits per heavy atom. The Hall–Kier alpha value is -3.45. The molecule has 0 saturated carbocycles. The summed E-state index contributed by atoms with van der Waals surface area (Å²) in [6.07, 6.45) is 2.34. The van der Waals surface area contributed by atoms with Crippen molar-refractivity contribution in [2.45, 2.75) is 20.3 Å². The van der Waals surface area contributed by atoms with Crippen molar-refractivity contribution in [3.8, 4) is 11.5 Å².